The second-order valence-electron chi connectivity index (χ2n) is 5.11. The van der Waals surface area contributed by atoms with Crippen molar-refractivity contribution in [1.29, 1.82) is 0 Å². The molecule has 0 bridgehead atoms. The number of carbonyl (C=O) groups excluding carboxylic acids is 1. The Labute approximate surface area is 127 Å². The van der Waals surface area contributed by atoms with Crippen LogP contribution in [-0.2, 0) is 0 Å². The van der Waals surface area contributed by atoms with Crippen molar-refractivity contribution in [3.63, 3.8) is 0 Å². The smallest absolute Gasteiger partial charge is 0.276 e. The molecule has 1 aromatic carbocycles. The van der Waals surface area contributed by atoms with Crippen LogP contribution in [0.1, 0.15) is 17.4 Å². The average Bonchev–Trinajstić information content (AvgIpc) is 2.97. The molecule has 110 valence electrons. The lowest BCUT2D eigenvalue weighted by Crippen LogP contribution is -2.52. The number of aromatic nitrogens is 1. The number of piperazine rings is 1. The van der Waals surface area contributed by atoms with Crippen LogP contribution in [0, 0.1) is 0 Å². The van der Waals surface area contributed by atoms with Gasteiger partial charge in [-0.1, -0.05) is 28.9 Å². The molecule has 1 N–H and O–H groups in total. The third-order valence-electron chi connectivity index (χ3n) is 3.63. The molecule has 21 heavy (non-hydrogen) atoms. The van der Waals surface area contributed by atoms with Gasteiger partial charge in [0, 0.05) is 37.3 Å². The molecule has 1 atom stereocenters. The van der Waals surface area contributed by atoms with Crippen molar-refractivity contribution in [3.05, 3.63) is 41.0 Å². The Kier molecular flexibility index (Phi) is 3.94. The third-order valence-corrected chi connectivity index (χ3v) is 3.96. The quantitative estimate of drug-likeness (QED) is 0.926. The Balaban J connectivity index is 1.85. The van der Waals surface area contributed by atoms with Crippen LogP contribution in [0.2, 0.25) is 5.02 Å². The maximum absolute atomic E-state index is 12.5. The molecule has 1 aromatic heterocycles. The van der Waals surface area contributed by atoms with Gasteiger partial charge in [0.15, 0.2) is 11.5 Å². The first kappa shape index (κ1) is 14.1. The minimum absolute atomic E-state index is 0.106. The summed E-state index contributed by atoms with van der Waals surface area (Å²) in [5.41, 5.74) is 1.05. The minimum Gasteiger partial charge on any atom is -0.355 e. The van der Waals surface area contributed by atoms with Gasteiger partial charge in [0.25, 0.3) is 5.91 Å². The summed E-state index contributed by atoms with van der Waals surface area (Å²) in [4.78, 5) is 14.3. The molecule has 0 unspecified atom stereocenters. The fourth-order valence-electron chi connectivity index (χ4n) is 2.45. The van der Waals surface area contributed by atoms with Crippen molar-refractivity contribution in [1.82, 2.24) is 15.4 Å². The van der Waals surface area contributed by atoms with E-state index in [2.05, 4.69) is 10.5 Å². The van der Waals surface area contributed by atoms with Crippen LogP contribution in [0.5, 0.6) is 0 Å². The van der Waals surface area contributed by atoms with Gasteiger partial charge in [-0.25, -0.2) is 0 Å². The van der Waals surface area contributed by atoms with E-state index < -0.39 is 0 Å². The van der Waals surface area contributed by atoms with Crippen molar-refractivity contribution in [3.8, 4) is 11.3 Å². The number of hydrogen-bond acceptors (Lipinski definition) is 4. The largest absolute Gasteiger partial charge is 0.355 e. The van der Waals surface area contributed by atoms with E-state index in [4.69, 9.17) is 16.1 Å². The van der Waals surface area contributed by atoms with Gasteiger partial charge in [0.1, 0.15) is 0 Å². The van der Waals surface area contributed by atoms with E-state index in [1.54, 1.807) is 12.1 Å². The van der Waals surface area contributed by atoms with Gasteiger partial charge in [-0.05, 0) is 19.1 Å². The summed E-state index contributed by atoms with van der Waals surface area (Å²) >= 11 is 6.13. The molecular weight excluding hydrogens is 290 g/mol. The molecule has 1 aliphatic heterocycles. The van der Waals surface area contributed by atoms with Gasteiger partial charge in [0.05, 0.1) is 5.02 Å². The fraction of sp³-hybridized carbons (Fsp3) is 0.333. The number of carbonyl (C=O) groups is 1. The first-order valence-corrected chi connectivity index (χ1v) is 7.28. The summed E-state index contributed by atoms with van der Waals surface area (Å²) in [6.07, 6.45) is 0. The summed E-state index contributed by atoms with van der Waals surface area (Å²) in [5, 5.41) is 7.72. The maximum atomic E-state index is 12.5. The zero-order chi connectivity index (χ0) is 14.8. The SMILES string of the molecule is C[C@H]1CNCCN1C(=O)c1cc(-c2ccccc2Cl)on1. The molecule has 1 aliphatic rings. The van der Waals surface area contributed by atoms with Gasteiger partial charge >= 0.3 is 0 Å². The molecule has 0 spiro atoms. The Morgan fingerprint density at radius 2 is 2.29 bits per heavy atom. The zero-order valence-corrected chi connectivity index (χ0v) is 12.4. The molecule has 1 amide bonds. The number of hydrogen-bond donors (Lipinski definition) is 1. The summed E-state index contributed by atoms with van der Waals surface area (Å²) in [6.45, 7) is 4.28. The number of amides is 1. The molecule has 5 nitrogen and oxygen atoms in total. The topological polar surface area (TPSA) is 58.4 Å². The molecular formula is C15H16ClN3O2. The monoisotopic (exact) mass is 305 g/mol. The van der Waals surface area contributed by atoms with E-state index in [-0.39, 0.29) is 11.9 Å². The van der Waals surface area contributed by atoms with E-state index in [1.165, 1.54) is 0 Å². The number of nitrogens with one attached hydrogen (secondary N) is 1. The van der Waals surface area contributed by atoms with Gasteiger partial charge in [0.2, 0.25) is 0 Å². The minimum atomic E-state index is -0.106. The van der Waals surface area contributed by atoms with Crippen LogP contribution in [0.3, 0.4) is 0 Å². The lowest BCUT2D eigenvalue weighted by molar-refractivity contribution is 0.0645. The first-order valence-electron chi connectivity index (χ1n) is 6.90. The van der Waals surface area contributed by atoms with Crippen LogP contribution in [0.15, 0.2) is 34.9 Å². The van der Waals surface area contributed by atoms with Crippen molar-refractivity contribution < 1.29 is 9.32 Å². The van der Waals surface area contributed by atoms with Gasteiger partial charge in [-0.2, -0.15) is 0 Å². The average molecular weight is 306 g/mol. The van der Waals surface area contributed by atoms with Gasteiger partial charge < -0.3 is 14.7 Å². The molecule has 2 aromatic rings. The van der Waals surface area contributed by atoms with E-state index in [1.807, 2.05) is 30.0 Å². The Morgan fingerprint density at radius 1 is 1.48 bits per heavy atom. The van der Waals surface area contributed by atoms with E-state index >= 15 is 0 Å². The highest BCUT2D eigenvalue weighted by atomic mass is 35.5. The van der Waals surface area contributed by atoms with Gasteiger partial charge in [-0.15, -0.1) is 0 Å². The second kappa shape index (κ2) is 5.87. The maximum Gasteiger partial charge on any atom is 0.276 e. The summed E-state index contributed by atoms with van der Waals surface area (Å²) in [7, 11) is 0. The zero-order valence-electron chi connectivity index (χ0n) is 11.7. The van der Waals surface area contributed by atoms with Crippen LogP contribution in [-0.4, -0.2) is 41.6 Å². The highest BCUT2D eigenvalue weighted by Crippen LogP contribution is 2.28. The molecule has 3 rings (SSSR count). The summed E-state index contributed by atoms with van der Waals surface area (Å²) < 4.78 is 5.28. The molecule has 2 heterocycles. The Hall–Kier alpha value is -1.85. The molecule has 0 saturated carbocycles. The fourth-order valence-corrected chi connectivity index (χ4v) is 2.68. The van der Waals surface area contributed by atoms with Gasteiger partial charge in [-0.3, -0.25) is 4.79 Å². The Bertz CT molecular complexity index is 656. The van der Waals surface area contributed by atoms with Crippen LogP contribution < -0.4 is 5.32 Å². The lowest BCUT2D eigenvalue weighted by Gasteiger charge is -2.33. The highest BCUT2D eigenvalue weighted by molar-refractivity contribution is 6.33. The third kappa shape index (κ3) is 2.80. The van der Waals surface area contributed by atoms with Crippen molar-refractivity contribution in [2.75, 3.05) is 19.6 Å². The van der Waals surface area contributed by atoms with Crippen LogP contribution in [0.4, 0.5) is 0 Å². The lowest BCUT2D eigenvalue weighted by atomic mass is 10.1. The van der Waals surface area contributed by atoms with E-state index in [0.717, 1.165) is 18.7 Å². The number of halogens is 1. The molecule has 6 heteroatoms. The molecule has 1 fully saturated rings. The predicted molar refractivity (Wildman–Crippen MR) is 80.3 cm³/mol. The van der Waals surface area contributed by atoms with E-state index in [0.29, 0.717) is 23.0 Å². The molecule has 1 saturated heterocycles. The van der Waals surface area contributed by atoms with Crippen LogP contribution >= 0.6 is 11.6 Å². The molecule has 0 radical (unpaired) electrons. The number of nitrogens with zero attached hydrogens (tertiary/aromatic N) is 2. The number of benzene rings is 1. The first-order chi connectivity index (χ1) is 10.2. The predicted octanol–water partition coefficient (Wildman–Crippen LogP) is 2.43. The van der Waals surface area contributed by atoms with Crippen molar-refractivity contribution >= 4 is 17.5 Å². The van der Waals surface area contributed by atoms with Crippen molar-refractivity contribution in [2.24, 2.45) is 0 Å². The van der Waals surface area contributed by atoms with Crippen LogP contribution in [0.25, 0.3) is 11.3 Å². The van der Waals surface area contributed by atoms with E-state index in [9.17, 15) is 4.79 Å². The molecule has 0 aliphatic carbocycles. The van der Waals surface area contributed by atoms with Crippen molar-refractivity contribution in [2.45, 2.75) is 13.0 Å². The second-order valence-corrected chi connectivity index (χ2v) is 5.52. The summed E-state index contributed by atoms with van der Waals surface area (Å²) in [5.74, 6) is 0.401. The number of rotatable bonds is 2. The normalized spacial score (nSPS) is 18.8. The highest BCUT2D eigenvalue weighted by Gasteiger charge is 2.26. The summed E-state index contributed by atoms with van der Waals surface area (Å²) in [6, 6.07) is 9.12. The standard InChI is InChI=1S/C15H16ClN3O2/c1-10-9-17-6-7-19(10)15(20)13-8-14(21-18-13)11-4-2-3-5-12(11)16/h2-5,8,10,17H,6-7,9H2,1H3/t10-/m0/s1. The Morgan fingerprint density at radius 3 is 3.05 bits per heavy atom.